The van der Waals surface area contributed by atoms with Crippen molar-refractivity contribution in [2.45, 2.75) is 64.7 Å². The Hall–Kier alpha value is -0.570. The van der Waals surface area contributed by atoms with Crippen LogP contribution in [0.3, 0.4) is 0 Å². The molecule has 0 saturated heterocycles. The summed E-state index contributed by atoms with van der Waals surface area (Å²) < 4.78 is 5.86. The topological polar surface area (TPSA) is 30.2 Å². The molecule has 0 unspecified atom stereocenters. The molecule has 0 saturated carbocycles. The summed E-state index contributed by atoms with van der Waals surface area (Å²) >= 11 is 3.20. The zero-order valence-electron chi connectivity index (χ0n) is 11.2. The minimum Gasteiger partial charge on any atom is -0.446 e. The average molecular weight is 315 g/mol. The lowest BCUT2D eigenvalue weighted by atomic mass is 10.1. The molecule has 0 N–H and O–H groups in total. The minimum absolute atomic E-state index is 0.117. The van der Waals surface area contributed by atoms with Gasteiger partial charge < -0.3 is 4.42 Å². The number of hydrogen-bond donors (Lipinski definition) is 0. The summed E-state index contributed by atoms with van der Waals surface area (Å²) in [6.45, 7) is 2.23. The first-order valence-electron chi connectivity index (χ1n) is 7.02. The Kier molecular flexibility index (Phi) is 8.06. The van der Waals surface area contributed by atoms with E-state index in [2.05, 4.69) is 22.9 Å². The van der Waals surface area contributed by atoms with Gasteiger partial charge in [0.1, 0.15) is 0 Å². The number of furan rings is 1. The Bertz CT molecular complexity index is 344. The second kappa shape index (κ2) is 9.37. The summed E-state index contributed by atoms with van der Waals surface area (Å²) in [6.07, 6.45) is 10.6. The van der Waals surface area contributed by atoms with Crippen LogP contribution in [0.25, 0.3) is 0 Å². The molecule has 0 amide bonds. The van der Waals surface area contributed by atoms with Gasteiger partial charge in [-0.25, -0.2) is 0 Å². The van der Waals surface area contributed by atoms with Crippen molar-refractivity contribution in [1.29, 1.82) is 0 Å². The summed E-state index contributed by atoms with van der Waals surface area (Å²) in [5.41, 5.74) is 0. The van der Waals surface area contributed by atoms with Crippen molar-refractivity contribution in [3.63, 3.8) is 0 Å². The van der Waals surface area contributed by atoms with Crippen LogP contribution >= 0.6 is 15.9 Å². The number of Topliss-reactive ketones (excluding diaryl/α,β-unsaturated/α-hetero) is 1. The van der Waals surface area contributed by atoms with Crippen LogP contribution < -0.4 is 0 Å². The maximum atomic E-state index is 11.7. The van der Waals surface area contributed by atoms with E-state index in [4.69, 9.17) is 4.42 Å². The Labute approximate surface area is 118 Å². The molecule has 0 aromatic carbocycles. The first-order chi connectivity index (χ1) is 8.74. The van der Waals surface area contributed by atoms with E-state index in [1.165, 1.54) is 38.5 Å². The van der Waals surface area contributed by atoms with Crippen LogP contribution in [0.1, 0.15) is 75.3 Å². The van der Waals surface area contributed by atoms with E-state index in [0.717, 1.165) is 12.8 Å². The molecule has 2 nitrogen and oxygen atoms in total. The van der Waals surface area contributed by atoms with Crippen LogP contribution in [0.15, 0.2) is 21.2 Å². The van der Waals surface area contributed by atoms with Gasteiger partial charge in [0.05, 0.1) is 0 Å². The number of unbranched alkanes of at least 4 members (excludes halogenated alkanes) is 7. The predicted molar refractivity (Wildman–Crippen MR) is 78.0 cm³/mol. The zero-order valence-corrected chi connectivity index (χ0v) is 12.8. The van der Waals surface area contributed by atoms with E-state index < -0.39 is 0 Å². The van der Waals surface area contributed by atoms with Crippen molar-refractivity contribution >= 4 is 21.7 Å². The Morgan fingerprint density at radius 2 is 1.67 bits per heavy atom. The lowest BCUT2D eigenvalue weighted by Crippen LogP contribution is -1.96. The second-order valence-electron chi connectivity index (χ2n) is 4.75. The minimum atomic E-state index is 0.117. The van der Waals surface area contributed by atoms with E-state index in [9.17, 15) is 4.79 Å². The van der Waals surface area contributed by atoms with E-state index in [0.29, 0.717) is 16.9 Å². The smallest absolute Gasteiger partial charge is 0.198 e. The monoisotopic (exact) mass is 314 g/mol. The summed E-state index contributed by atoms with van der Waals surface area (Å²) in [5.74, 6) is 0.594. The molecule has 0 fully saturated rings. The third kappa shape index (κ3) is 6.39. The highest BCUT2D eigenvalue weighted by Crippen LogP contribution is 2.17. The van der Waals surface area contributed by atoms with Gasteiger partial charge in [-0.1, -0.05) is 51.9 Å². The highest BCUT2D eigenvalue weighted by atomic mass is 79.9. The van der Waals surface area contributed by atoms with Crippen LogP contribution in [0.4, 0.5) is 0 Å². The molecule has 102 valence electrons. The lowest BCUT2D eigenvalue weighted by molar-refractivity contribution is 0.0951. The molecule has 0 aliphatic carbocycles. The second-order valence-corrected chi connectivity index (χ2v) is 5.53. The van der Waals surface area contributed by atoms with Crippen LogP contribution in [0.2, 0.25) is 0 Å². The lowest BCUT2D eigenvalue weighted by Gasteiger charge is -2.00. The number of halogens is 1. The van der Waals surface area contributed by atoms with Gasteiger partial charge in [0.2, 0.25) is 0 Å². The van der Waals surface area contributed by atoms with Gasteiger partial charge in [-0.15, -0.1) is 0 Å². The number of rotatable bonds is 10. The highest BCUT2D eigenvalue weighted by molar-refractivity contribution is 9.10. The van der Waals surface area contributed by atoms with Crippen LogP contribution in [-0.2, 0) is 0 Å². The van der Waals surface area contributed by atoms with Gasteiger partial charge in [0, 0.05) is 6.42 Å². The largest absolute Gasteiger partial charge is 0.446 e. The first-order valence-corrected chi connectivity index (χ1v) is 7.82. The summed E-state index contributed by atoms with van der Waals surface area (Å²) in [5, 5.41) is 0. The van der Waals surface area contributed by atoms with Crippen LogP contribution in [-0.4, -0.2) is 5.78 Å². The molecule has 0 atom stereocenters. The van der Waals surface area contributed by atoms with Gasteiger partial charge in [0.15, 0.2) is 16.2 Å². The molecule has 0 aliphatic heterocycles. The molecule has 0 bridgehead atoms. The van der Waals surface area contributed by atoms with Crippen molar-refractivity contribution in [3.05, 3.63) is 22.6 Å². The van der Waals surface area contributed by atoms with Crippen molar-refractivity contribution in [2.75, 3.05) is 0 Å². The molecular weight excluding hydrogens is 292 g/mol. The molecule has 0 aliphatic rings. The fourth-order valence-electron chi connectivity index (χ4n) is 2.01. The summed E-state index contributed by atoms with van der Waals surface area (Å²) in [4.78, 5) is 11.7. The Balaban J connectivity index is 1.99. The van der Waals surface area contributed by atoms with E-state index in [1.807, 2.05) is 0 Å². The van der Waals surface area contributed by atoms with Crippen molar-refractivity contribution in [3.8, 4) is 0 Å². The van der Waals surface area contributed by atoms with Crippen LogP contribution in [0, 0.1) is 0 Å². The van der Waals surface area contributed by atoms with Gasteiger partial charge in [0.25, 0.3) is 0 Å². The first kappa shape index (κ1) is 15.5. The molecule has 1 heterocycles. The number of carbonyl (C=O) groups excluding carboxylic acids is 1. The molecule has 18 heavy (non-hydrogen) atoms. The number of carbonyl (C=O) groups is 1. The maximum Gasteiger partial charge on any atom is 0.198 e. The van der Waals surface area contributed by atoms with E-state index in [1.54, 1.807) is 12.1 Å². The summed E-state index contributed by atoms with van der Waals surface area (Å²) in [6, 6.07) is 3.50. The SMILES string of the molecule is CCCCCCCCCCC(=O)c1ccc(Br)o1. The zero-order chi connectivity index (χ0) is 13.2. The predicted octanol–water partition coefficient (Wildman–Crippen LogP) is 5.76. The van der Waals surface area contributed by atoms with Gasteiger partial charge in [-0.3, -0.25) is 4.79 Å². The number of ketones is 1. The van der Waals surface area contributed by atoms with Crippen molar-refractivity contribution in [1.82, 2.24) is 0 Å². The van der Waals surface area contributed by atoms with Gasteiger partial charge in [-0.05, 0) is 34.5 Å². The highest BCUT2D eigenvalue weighted by Gasteiger charge is 2.09. The molecule has 1 aromatic rings. The standard InChI is InChI=1S/C15H23BrO2/c1-2-3-4-5-6-7-8-9-10-13(17)14-11-12-15(16)18-14/h11-12H,2-10H2,1H3. The van der Waals surface area contributed by atoms with E-state index >= 15 is 0 Å². The fourth-order valence-corrected chi connectivity index (χ4v) is 2.31. The molecule has 3 heteroatoms. The number of hydrogen-bond acceptors (Lipinski definition) is 2. The van der Waals surface area contributed by atoms with Crippen LogP contribution in [0.5, 0.6) is 0 Å². The maximum absolute atomic E-state index is 11.7. The van der Waals surface area contributed by atoms with Gasteiger partial charge >= 0.3 is 0 Å². The molecule has 0 radical (unpaired) electrons. The van der Waals surface area contributed by atoms with Crippen molar-refractivity contribution < 1.29 is 9.21 Å². The molecule has 1 aromatic heterocycles. The molecule has 1 rings (SSSR count). The Morgan fingerprint density at radius 1 is 1.06 bits per heavy atom. The summed E-state index contributed by atoms with van der Waals surface area (Å²) in [7, 11) is 0. The van der Waals surface area contributed by atoms with Crippen molar-refractivity contribution in [2.24, 2.45) is 0 Å². The Morgan fingerprint density at radius 3 is 2.22 bits per heavy atom. The third-order valence-electron chi connectivity index (χ3n) is 3.11. The molecular formula is C15H23BrO2. The fraction of sp³-hybridized carbons (Fsp3) is 0.667. The van der Waals surface area contributed by atoms with E-state index in [-0.39, 0.29) is 5.78 Å². The quantitative estimate of drug-likeness (QED) is 0.406. The molecule has 0 spiro atoms. The third-order valence-corrected chi connectivity index (χ3v) is 3.53. The normalized spacial score (nSPS) is 10.8. The average Bonchev–Trinajstić information content (AvgIpc) is 2.79. The van der Waals surface area contributed by atoms with Gasteiger partial charge in [-0.2, -0.15) is 0 Å².